The molecule has 0 aliphatic heterocycles. The van der Waals surface area contributed by atoms with Gasteiger partial charge in [-0.05, 0) is 73.5 Å². The second-order valence-corrected chi connectivity index (χ2v) is 12.8. The van der Waals surface area contributed by atoms with Crippen molar-refractivity contribution in [1.29, 1.82) is 0 Å². The Morgan fingerprint density at radius 1 is 0.978 bits per heavy atom. The Kier molecular flexibility index (Phi) is 8.36. The maximum atomic E-state index is 15.1. The number of hydrogen-bond acceptors (Lipinski definition) is 7. The maximum absolute atomic E-state index is 15.1. The van der Waals surface area contributed by atoms with Gasteiger partial charge in [0.1, 0.15) is 23.1 Å². The molecule has 0 aliphatic carbocycles. The van der Waals surface area contributed by atoms with Crippen molar-refractivity contribution in [2.45, 2.75) is 51.5 Å². The first-order chi connectivity index (χ1) is 21.1. The highest BCUT2D eigenvalue weighted by atomic mass is 32.2. The second-order valence-electron chi connectivity index (χ2n) is 10.9. The van der Waals surface area contributed by atoms with Crippen LogP contribution in [0.25, 0.3) is 39.4 Å². The van der Waals surface area contributed by atoms with Crippen molar-refractivity contribution in [3.8, 4) is 45.1 Å². The summed E-state index contributed by atoms with van der Waals surface area (Å²) in [7, 11) is -3.90. The molecule has 13 heteroatoms. The van der Waals surface area contributed by atoms with E-state index in [0.717, 1.165) is 18.0 Å². The third-order valence-corrected chi connectivity index (χ3v) is 8.21. The number of ether oxygens (including phenoxy) is 1. The summed E-state index contributed by atoms with van der Waals surface area (Å²) in [6, 6.07) is 12.8. The molecule has 5 aromatic rings. The summed E-state index contributed by atoms with van der Waals surface area (Å²) in [5.41, 5.74) is 2.97. The fraction of sp³-hybridized carbons (Fsp3) is 0.250. The van der Waals surface area contributed by atoms with Crippen LogP contribution in [0.2, 0.25) is 0 Å². The summed E-state index contributed by atoms with van der Waals surface area (Å²) in [5, 5.41) is 9.67. The molecular formula is C32H29F4N3O5S. The Morgan fingerprint density at radius 3 is 2.20 bits per heavy atom. The quantitative estimate of drug-likeness (QED) is 0.174. The lowest BCUT2D eigenvalue weighted by Crippen LogP contribution is -2.16. The van der Waals surface area contributed by atoms with E-state index in [9.17, 15) is 26.7 Å². The number of aryl methyl sites for hydroxylation is 2. The van der Waals surface area contributed by atoms with E-state index in [4.69, 9.17) is 9.40 Å². The summed E-state index contributed by atoms with van der Waals surface area (Å²) in [6.07, 6.45) is -2.10. The molecule has 0 atom stereocenters. The molecule has 3 aromatic carbocycles. The number of oxazole rings is 1. The molecule has 0 fully saturated rings. The first-order valence-electron chi connectivity index (χ1n) is 13.7. The highest BCUT2D eigenvalue weighted by Crippen LogP contribution is 2.41. The zero-order chi connectivity index (χ0) is 32.8. The monoisotopic (exact) mass is 643 g/mol. The summed E-state index contributed by atoms with van der Waals surface area (Å²) in [6.45, 7) is 6.59. The van der Waals surface area contributed by atoms with E-state index in [1.54, 1.807) is 18.2 Å². The fourth-order valence-electron chi connectivity index (χ4n) is 5.01. The van der Waals surface area contributed by atoms with Gasteiger partial charge < -0.3 is 18.8 Å². The topological polar surface area (TPSA) is 107 Å². The lowest BCUT2D eigenvalue weighted by Gasteiger charge is -2.15. The summed E-state index contributed by atoms with van der Waals surface area (Å²) in [5.74, 6) is -0.160. The lowest BCUT2D eigenvalue weighted by atomic mass is 9.97. The van der Waals surface area contributed by atoms with Crippen molar-refractivity contribution in [2.24, 2.45) is 0 Å². The molecule has 45 heavy (non-hydrogen) atoms. The van der Waals surface area contributed by atoms with Gasteiger partial charge in [-0.25, -0.2) is 22.8 Å². The minimum absolute atomic E-state index is 0.161. The molecule has 0 saturated carbocycles. The van der Waals surface area contributed by atoms with Crippen LogP contribution in [0.3, 0.4) is 0 Å². The van der Waals surface area contributed by atoms with E-state index in [-0.39, 0.29) is 27.7 Å². The third kappa shape index (κ3) is 6.64. The number of benzene rings is 3. The fourth-order valence-corrected chi connectivity index (χ4v) is 5.96. The number of halogens is 4. The zero-order valence-corrected chi connectivity index (χ0v) is 25.7. The van der Waals surface area contributed by atoms with Gasteiger partial charge >= 0.3 is 6.36 Å². The second kappa shape index (κ2) is 11.8. The van der Waals surface area contributed by atoms with Crippen LogP contribution in [-0.4, -0.2) is 40.7 Å². The van der Waals surface area contributed by atoms with Gasteiger partial charge in [0.25, 0.3) is 0 Å². The summed E-state index contributed by atoms with van der Waals surface area (Å²) < 4.78 is 90.5. The van der Waals surface area contributed by atoms with Crippen LogP contribution in [-0.2, 0) is 16.4 Å². The molecule has 5 rings (SSSR count). The third-order valence-electron chi connectivity index (χ3n) is 7.05. The molecule has 0 unspecified atom stereocenters. The first-order valence-corrected chi connectivity index (χ1v) is 15.6. The summed E-state index contributed by atoms with van der Waals surface area (Å²) >= 11 is 0. The number of sulfone groups is 1. The van der Waals surface area contributed by atoms with Crippen molar-refractivity contribution >= 4 is 9.84 Å². The molecule has 8 nitrogen and oxygen atoms in total. The van der Waals surface area contributed by atoms with E-state index in [1.807, 2.05) is 38.5 Å². The van der Waals surface area contributed by atoms with E-state index < -0.39 is 34.4 Å². The predicted octanol–water partition coefficient (Wildman–Crippen LogP) is 7.54. The Morgan fingerprint density at radius 2 is 1.64 bits per heavy atom. The van der Waals surface area contributed by atoms with Gasteiger partial charge in [-0.3, -0.25) is 0 Å². The van der Waals surface area contributed by atoms with Crippen molar-refractivity contribution in [1.82, 2.24) is 14.5 Å². The number of aliphatic hydroxyl groups is 1. The molecule has 0 spiro atoms. The number of hydrogen-bond donors (Lipinski definition) is 1. The van der Waals surface area contributed by atoms with Crippen LogP contribution in [0.1, 0.15) is 42.7 Å². The molecule has 0 bridgehead atoms. The molecule has 0 radical (unpaired) electrons. The number of imidazole rings is 1. The molecule has 2 aromatic heterocycles. The van der Waals surface area contributed by atoms with Crippen molar-refractivity contribution in [3.63, 3.8) is 0 Å². The zero-order valence-electron chi connectivity index (χ0n) is 24.9. The minimum Gasteiger partial charge on any atom is -0.440 e. The van der Waals surface area contributed by atoms with Crippen LogP contribution in [0, 0.1) is 19.7 Å². The van der Waals surface area contributed by atoms with Crippen LogP contribution in [0.15, 0.2) is 70.1 Å². The SMILES string of the molecule is Cc1cn(-c2ccc(-c3cc(F)c(CO)c(S(C)(=O)=O)c3)cc2-c2nc(C(C)C)oc2-c2ccc(OC(F)(F)F)cc2)c(C)n1. The normalized spacial score (nSPS) is 12.2. The predicted molar refractivity (Wildman–Crippen MR) is 159 cm³/mol. The Hall–Kier alpha value is -4.49. The number of rotatable bonds is 8. The molecule has 0 amide bonds. The van der Waals surface area contributed by atoms with E-state index in [2.05, 4.69) is 9.72 Å². The molecule has 1 N–H and O–H groups in total. The number of nitrogens with zero attached hydrogens (tertiary/aromatic N) is 3. The maximum Gasteiger partial charge on any atom is 0.573 e. The van der Waals surface area contributed by atoms with Gasteiger partial charge in [0.2, 0.25) is 0 Å². The van der Waals surface area contributed by atoms with Gasteiger partial charge in [0.15, 0.2) is 21.5 Å². The number of alkyl halides is 3. The van der Waals surface area contributed by atoms with Crippen LogP contribution in [0.5, 0.6) is 5.75 Å². The van der Waals surface area contributed by atoms with E-state index in [0.29, 0.717) is 39.8 Å². The lowest BCUT2D eigenvalue weighted by molar-refractivity contribution is -0.274. The molecular weight excluding hydrogens is 614 g/mol. The first kappa shape index (κ1) is 31.9. The molecule has 0 aliphatic rings. The molecule has 236 valence electrons. The van der Waals surface area contributed by atoms with Gasteiger partial charge in [-0.2, -0.15) is 0 Å². The van der Waals surface area contributed by atoms with Gasteiger partial charge in [0, 0.05) is 35.1 Å². The van der Waals surface area contributed by atoms with Crippen LogP contribution >= 0.6 is 0 Å². The number of aromatic nitrogens is 3. The largest absolute Gasteiger partial charge is 0.573 e. The standard InChI is InChI=1S/C32H29F4N3O5S/c1-17(2)31-38-29(30(43-31)20-6-9-23(10-7-20)44-32(34,35)36)24-12-21(8-11-27(24)39-15-18(3)37-19(39)4)22-13-26(33)25(16-40)28(14-22)45(5,41)42/h6-15,17,40H,16H2,1-5H3. The van der Waals surface area contributed by atoms with E-state index in [1.165, 1.54) is 30.3 Å². The molecule has 0 saturated heterocycles. The van der Waals surface area contributed by atoms with Gasteiger partial charge in [-0.15, -0.1) is 13.2 Å². The highest BCUT2D eigenvalue weighted by Gasteiger charge is 2.31. The minimum atomic E-state index is -4.86. The average molecular weight is 644 g/mol. The van der Waals surface area contributed by atoms with Gasteiger partial charge in [-0.1, -0.05) is 19.9 Å². The van der Waals surface area contributed by atoms with Gasteiger partial charge in [0.05, 0.1) is 22.9 Å². The Balaban J connectivity index is 1.77. The smallest absolute Gasteiger partial charge is 0.440 e. The van der Waals surface area contributed by atoms with Crippen LogP contribution < -0.4 is 4.74 Å². The van der Waals surface area contributed by atoms with E-state index >= 15 is 4.39 Å². The molecule has 2 heterocycles. The van der Waals surface area contributed by atoms with Crippen molar-refractivity contribution in [2.75, 3.05) is 6.26 Å². The average Bonchev–Trinajstić information content (AvgIpc) is 3.54. The van der Waals surface area contributed by atoms with Crippen molar-refractivity contribution < 1.29 is 40.2 Å². The Labute approximate surface area is 256 Å². The van der Waals surface area contributed by atoms with Crippen LogP contribution in [0.4, 0.5) is 17.6 Å². The van der Waals surface area contributed by atoms with Crippen molar-refractivity contribution in [3.05, 3.63) is 89.6 Å². The highest BCUT2D eigenvalue weighted by molar-refractivity contribution is 7.90. The summed E-state index contributed by atoms with van der Waals surface area (Å²) in [4.78, 5) is 8.95. The Bertz CT molecular complexity index is 2000. The number of aliphatic hydroxyl groups excluding tert-OH is 1.